The Kier molecular flexibility index (Phi) is 3.34. The lowest BCUT2D eigenvalue weighted by atomic mass is 10.1. The first kappa shape index (κ1) is 13.0. The van der Waals surface area contributed by atoms with Gasteiger partial charge in [-0.05, 0) is 43.0 Å². The second-order valence-electron chi connectivity index (χ2n) is 5.44. The molecule has 0 radical (unpaired) electrons. The van der Waals surface area contributed by atoms with E-state index in [1.165, 1.54) is 0 Å². The van der Waals surface area contributed by atoms with Crippen LogP contribution in [0.15, 0.2) is 18.2 Å². The highest BCUT2D eigenvalue weighted by Gasteiger charge is 2.30. The molecule has 1 amide bonds. The molecular weight excluding hydrogens is 258 g/mol. The third-order valence-electron chi connectivity index (χ3n) is 4.07. The summed E-state index contributed by atoms with van der Waals surface area (Å²) in [7, 11) is 0. The van der Waals surface area contributed by atoms with Crippen molar-refractivity contribution in [3.63, 3.8) is 0 Å². The molecule has 1 aromatic rings. The van der Waals surface area contributed by atoms with Crippen LogP contribution in [0, 0.1) is 5.92 Å². The predicted octanol–water partition coefficient (Wildman–Crippen LogP) is 1.60. The van der Waals surface area contributed by atoms with Crippen LogP contribution in [0.25, 0.3) is 0 Å². The molecule has 106 valence electrons. The summed E-state index contributed by atoms with van der Waals surface area (Å²) in [5.74, 6) is -0.366. The number of rotatable bonds is 3. The highest BCUT2D eigenvalue weighted by atomic mass is 16.5. The summed E-state index contributed by atoms with van der Waals surface area (Å²) in [5, 5.41) is 11.9. The molecule has 1 aliphatic carbocycles. The lowest BCUT2D eigenvalue weighted by Gasteiger charge is -2.13. The van der Waals surface area contributed by atoms with Crippen LogP contribution in [0.2, 0.25) is 0 Å². The summed E-state index contributed by atoms with van der Waals surface area (Å²) >= 11 is 0. The molecule has 20 heavy (non-hydrogen) atoms. The van der Waals surface area contributed by atoms with Crippen LogP contribution < -0.4 is 10.1 Å². The number of carbonyl (C=O) groups is 2. The topological polar surface area (TPSA) is 75.6 Å². The lowest BCUT2D eigenvalue weighted by Crippen LogP contribution is -2.33. The molecular formula is C15H17NO4. The molecule has 1 aliphatic heterocycles. The standard InChI is InChI=1S/C15H17NO4/c17-14(16-12-3-1-11(8-12)15(18)19)10-2-4-13-9(7-10)5-6-20-13/h2,4,7,11-12H,1,3,5-6,8H2,(H,16,17)(H,18,19)/t11-,12+/m0/s1. The number of hydrogen-bond donors (Lipinski definition) is 2. The van der Waals surface area contributed by atoms with E-state index >= 15 is 0 Å². The van der Waals surface area contributed by atoms with Gasteiger partial charge in [-0.1, -0.05) is 0 Å². The normalized spacial score (nSPS) is 24.0. The molecule has 1 aromatic carbocycles. The number of fused-ring (bicyclic) bond motifs is 1. The summed E-state index contributed by atoms with van der Waals surface area (Å²) in [6, 6.07) is 5.41. The van der Waals surface area contributed by atoms with E-state index in [0.717, 1.165) is 24.2 Å². The van der Waals surface area contributed by atoms with Crippen molar-refractivity contribution in [2.75, 3.05) is 6.61 Å². The first-order valence-corrected chi connectivity index (χ1v) is 6.93. The molecule has 0 bridgehead atoms. The Bertz CT molecular complexity index is 555. The SMILES string of the molecule is O=C(N[C@@H]1CC[C@H](C(=O)O)C1)c1ccc2c(c1)CCO2. The van der Waals surface area contributed by atoms with E-state index in [-0.39, 0.29) is 17.9 Å². The molecule has 2 N–H and O–H groups in total. The second-order valence-corrected chi connectivity index (χ2v) is 5.44. The zero-order valence-corrected chi connectivity index (χ0v) is 11.1. The summed E-state index contributed by atoms with van der Waals surface area (Å²) in [4.78, 5) is 23.1. The number of carbonyl (C=O) groups excluding carboxylic acids is 1. The number of hydrogen-bond acceptors (Lipinski definition) is 3. The van der Waals surface area contributed by atoms with Crippen molar-refractivity contribution in [3.8, 4) is 5.75 Å². The fraction of sp³-hybridized carbons (Fsp3) is 0.467. The number of carboxylic acid groups (broad SMARTS) is 1. The van der Waals surface area contributed by atoms with E-state index in [1.807, 2.05) is 12.1 Å². The lowest BCUT2D eigenvalue weighted by molar-refractivity contribution is -0.141. The molecule has 1 heterocycles. The van der Waals surface area contributed by atoms with Gasteiger partial charge in [0, 0.05) is 18.0 Å². The monoisotopic (exact) mass is 275 g/mol. The maximum Gasteiger partial charge on any atom is 0.306 e. The van der Waals surface area contributed by atoms with E-state index in [4.69, 9.17) is 9.84 Å². The van der Waals surface area contributed by atoms with E-state index in [0.29, 0.717) is 25.0 Å². The number of nitrogens with one attached hydrogen (secondary N) is 1. The number of carboxylic acids is 1. The largest absolute Gasteiger partial charge is 0.493 e. The van der Waals surface area contributed by atoms with E-state index < -0.39 is 5.97 Å². The Labute approximate surface area is 116 Å². The van der Waals surface area contributed by atoms with Crippen LogP contribution in [-0.2, 0) is 11.2 Å². The zero-order valence-electron chi connectivity index (χ0n) is 11.1. The van der Waals surface area contributed by atoms with Gasteiger partial charge >= 0.3 is 5.97 Å². The average Bonchev–Trinajstić information content (AvgIpc) is 3.05. The highest BCUT2D eigenvalue weighted by Crippen LogP contribution is 2.28. The fourth-order valence-electron chi connectivity index (χ4n) is 2.93. The van der Waals surface area contributed by atoms with Crippen LogP contribution in [-0.4, -0.2) is 29.6 Å². The number of aliphatic carboxylic acids is 1. The van der Waals surface area contributed by atoms with Gasteiger partial charge in [-0.25, -0.2) is 0 Å². The highest BCUT2D eigenvalue weighted by molar-refractivity contribution is 5.95. The Morgan fingerprint density at radius 1 is 1.30 bits per heavy atom. The van der Waals surface area contributed by atoms with Gasteiger partial charge in [0.25, 0.3) is 5.91 Å². The third kappa shape index (κ3) is 2.48. The molecule has 3 rings (SSSR count). The van der Waals surface area contributed by atoms with Crippen LogP contribution in [0.3, 0.4) is 0 Å². The quantitative estimate of drug-likeness (QED) is 0.878. The summed E-state index contributed by atoms with van der Waals surface area (Å²) in [5.41, 5.74) is 1.68. The molecule has 0 unspecified atom stereocenters. The van der Waals surface area contributed by atoms with Gasteiger partial charge in [0.15, 0.2) is 0 Å². The second kappa shape index (κ2) is 5.15. The van der Waals surface area contributed by atoms with Gasteiger partial charge in [-0.2, -0.15) is 0 Å². The van der Waals surface area contributed by atoms with Crippen molar-refractivity contribution in [2.24, 2.45) is 5.92 Å². The van der Waals surface area contributed by atoms with Gasteiger partial charge in [-0.3, -0.25) is 9.59 Å². The fourth-order valence-corrected chi connectivity index (χ4v) is 2.93. The first-order chi connectivity index (χ1) is 9.63. The molecule has 5 nitrogen and oxygen atoms in total. The van der Waals surface area contributed by atoms with E-state index in [9.17, 15) is 9.59 Å². The predicted molar refractivity (Wildman–Crippen MR) is 71.9 cm³/mol. The maximum absolute atomic E-state index is 12.2. The minimum Gasteiger partial charge on any atom is -0.493 e. The Hall–Kier alpha value is -2.04. The molecule has 2 aliphatic rings. The van der Waals surface area contributed by atoms with E-state index in [2.05, 4.69) is 5.32 Å². The Balaban J connectivity index is 1.64. The van der Waals surface area contributed by atoms with Gasteiger partial charge in [0.2, 0.25) is 0 Å². The van der Waals surface area contributed by atoms with Crippen molar-refractivity contribution in [3.05, 3.63) is 29.3 Å². The summed E-state index contributed by atoms with van der Waals surface area (Å²) in [6.45, 7) is 0.670. The summed E-state index contributed by atoms with van der Waals surface area (Å²) < 4.78 is 5.41. The minimum absolute atomic E-state index is 0.0342. The average molecular weight is 275 g/mol. The molecule has 2 atom stereocenters. The molecule has 0 aromatic heterocycles. The molecule has 0 saturated heterocycles. The molecule has 1 saturated carbocycles. The molecule has 0 spiro atoms. The van der Waals surface area contributed by atoms with Gasteiger partial charge in [0.05, 0.1) is 12.5 Å². The summed E-state index contributed by atoms with van der Waals surface area (Å²) in [6.07, 6.45) is 2.73. The van der Waals surface area contributed by atoms with Crippen LogP contribution in [0.1, 0.15) is 35.2 Å². The number of ether oxygens (including phenoxy) is 1. The maximum atomic E-state index is 12.2. The first-order valence-electron chi connectivity index (χ1n) is 6.93. The smallest absolute Gasteiger partial charge is 0.306 e. The van der Waals surface area contributed by atoms with Crippen molar-refractivity contribution in [1.82, 2.24) is 5.32 Å². The van der Waals surface area contributed by atoms with Gasteiger partial charge in [-0.15, -0.1) is 0 Å². The van der Waals surface area contributed by atoms with Crippen LogP contribution >= 0.6 is 0 Å². The van der Waals surface area contributed by atoms with Crippen molar-refractivity contribution < 1.29 is 19.4 Å². The third-order valence-corrected chi connectivity index (χ3v) is 4.07. The number of amides is 1. The van der Waals surface area contributed by atoms with Crippen LogP contribution in [0.4, 0.5) is 0 Å². The van der Waals surface area contributed by atoms with Crippen molar-refractivity contribution in [1.29, 1.82) is 0 Å². The number of benzene rings is 1. The molecule has 1 fully saturated rings. The Morgan fingerprint density at radius 3 is 2.90 bits per heavy atom. The van der Waals surface area contributed by atoms with Crippen molar-refractivity contribution in [2.45, 2.75) is 31.7 Å². The minimum atomic E-state index is -0.767. The molecule has 5 heteroatoms. The Morgan fingerprint density at radius 2 is 2.15 bits per heavy atom. The van der Waals surface area contributed by atoms with E-state index in [1.54, 1.807) is 6.07 Å². The van der Waals surface area contributed by atoms with Gasteiger partial charge < -0.3 is 15.2 Å². The zero-order chi connectivity index (χ0) is 14.1. The van der Waals surface area contributed by atoms with Gasteiger partial charge in [0.1, 0.15) is 5.75 Å². The van der Waals surface area contributed by atoms with Crippen molar-refractivity contribution >= 4 is 11.9 Å². The van der Waals surface area contributed by atoms with Crippen LogP contribution in [0.5, 0.6) is 5.75 Å².